The van der Waals surface area contributed by atoms with Crippen molar-refractivity contribution in [1.29, 1.82) is 0 Å². The molecule has 1 aliphatic rings. The normalized spacial score (nSPS) is 25.3. The Bertz CT molecular complexity index is 1040. The van der Waals surface area contributed by atoms with Gasteiger partial charge >= 0.3 is 0 Å². The Labute approximate surface area is 186 Å². The molecule has 0 amide bonds. The van der Waals surface area contributed by atoms with Gasteiger partial charge < -0.3 is 55.4 Å². The highest BCUT2D eigenvalue weighted by molar-refractivity contribution is 6.10. The standard InChI is InChI=1S/C21H22O12/c22-7-15-18(29)19(30)20(31)21(33-15)32-14-6-9(23)5-11(25)16(14)10(24)2-1-8-3-12(26)17(28)13(27)4-8/h1-6,15,18-23,25-31H,7H2/b2-1+/t15-,18-,19+,20+,21-/m1/s1. The Kier molecular flexibility index (Phi) is 6.95. The summed E-state index contributed by atoms with van der Waals surface area (Å²) in [7, 11) is 0. The SMILES string of the molecule is O=C(/C=C/c1cc(O)c(O)c(O)c1)c1c(O)cc(O)cc1O[C@@H]1O[C@H](CO)[C@@H](O)[C@H](O)[C@@H]1O. The third kappa shape index (κ3) is 4.94. The molecule has 1 saturated heterocycles. The Balaban J connectivity index is 1.91. The Morgan fingerprint density at radius 1 is 0.909 bits per heavy atom. The zero-order chi connectivity index (χ0) is 24.4. The van der Waals surface area contributed by atoms with Crippen LogP contribution < -0.4 is 4.74 Å². The molecule has 0 radical (unpaired) electrons. The molecule has 0 bridgehead atoms. The van der Waals surface area contributed by atoms with Crippen LogP contribution in [0.1, 0.15) is 15.9 Å². The Morgan fingerprint density at radius 2 is 1.55 bits per heavy atom. The molecule has 178 valence electrons. The molecular weight excluding hydrogens is 444 g/mol. The number of aliphatic hydroxyl groups excluding tert-OH is 4. The van der Waals surface area contributed by atoms with Crippen LogP contribution in [-0.2, 0) is 4.74 Å². The van der Waals surface area contributed by atoms with Crippen molar-refractivity contribution >= 4 is 11.9 Å². The monoisotopic (exact) mass is 466 g/mol. The topological polar surface area (TPSA) is 218 Å². The van der Waals surface area contributed by atoms with Gasteiger partial charge in [0.1, 0.15) is 47.2 Å². The number of hydrogen-bond acceptors (Lipinski definition) is 12. The van der Waals surface area contributed by atoms with Crippen LogP contribution in [0.2, 0.25) is 0 Å². The van der Waals surface area contributed by atoms with Crippen molar-refractivity contribution < 1.29 is 60.2 Å². The molecule has 12 nitrogen and oxygen atoms in total. The number of aromatic hydroxyl groups is 5. The van der Waals surface area contributed by atoms with Gasteiger partial charge in [-0.15, -0.1) is 0 Å². The molecular formula is C21H22O12. The zero-order valence-electron chi connectivity index (χ0n) is 16.8. The number of aliphatic hydroxyl groups is 4. The molecule has 33 heavy (non-hydrogen) atoms. The molecule has 1 fully saturated rings. The first-order chi connectivity index (χ1) is 15.5. The first kappa shape index (κ1) is 24.1. The molecule has 2 aromatic rings. The number of carbonyl (C=O) groups excluding carboxylic acids is 1. The number of phenols is 5. The van der Waals surface area contributed by atoms with Crippen molar-refractivity contribution in [3.8, 4) is 34.5 Å². The maximum atomic E-state index is 12.8. The third-order valence-electron chi connectivity index (χ3n) is 4.92. The fraction of sp³-hybridized carbons (Fsp3) is 0.286. The number of phenolic OH excluding ortho intramolecular Hbond substituents is 5. The van der Waals surface area contributed by atoms with Gasteiger partial charge in [0, 0.05) is 12.1 Å². The minimum atomic E-state index is -1.81. The predicted molar refractivity (Wildman–Crippen MR) is 109 cm³/mol. The highest BCUT2D eigenvalue weighted by Crippen LogP contribution is 2.37. The van der Waals surface area contributed by atoms with E-state index in [1.54, 1.807) is 0 Å². The highest BCUT2D eigenvalue weighted by Gasteiger charge is 2.45. The van der Waals surface area contributed by atoms with Gasteiger partial charge in [-0.25, -0.2) is 0 Å². The Hall–Kier alpha value is -3.55. The van der Waals surface area contributed by atoms with Gasteiger partial charge in [-0.3, -0.25) is 4.79 Å². The van der Waals surface area contributed by atoms with Crippen LogP contribution in [0.4, 0.5) is 0 Å². The predicted octanol–water partition coefficient (Wildman–Crippen LogP) is -0.711. The molecule has 0 aliphatic carbocycles. The van der Waals surface area contributed by atoms with Crippen LogP contribution in [0.15, 0.2) is 30.3 Å². The first-order valence-electron chi connectivity index (χ1n) is 9.54. The van der Waals surface area contributed by atoms with Crippen LogP contribution in [-0.4, -0.2) is 89.1 Å². The van der Waals surface area contributed by atoms with Crippen LogP contribution in [0, 0.1) is 0 Å². The number of hydrogen-bond donors (Lipinski definition) is 9. The van der Waals surface area contributed by atoms with E-state index in [2.05, 4.69) is 0 Å². The average molecular weight is 466 g/mol. The summed E-state index contributed by atoms with van der Waals surface area (Å²) < 4.78 is 10.6. The lowest BCUT2D eigenvalue weighted by atomic mass is 9.99. The molecule has 0 spiro atoms. The molecule has 2 aromatic carbocycles. The summed E-state index contributed by atoms with van der Waals surface area (Å²) in [5, 5.41) is 87.7. The van der Waals surface area contributed by atoms with Crippen molar-refractivity contribution in [1.82, 2.24) is 0 Å². The molecule has 0 unspecified atom stereocenters. The summed E-state index contributed by atoms with van der Waals surface area (Å²) in [4.78, 5) is 12.8. The van der Waals surface area contributed by atoms with Crippen molar-refractivity contribution in [3.63, 3.8) is 0 Å². The lowest BCUT2D eigenvalue weighted by Crippen LogP contribution is -2.60. The van der Waals surface area contributed by atoms with E-state index in [0.29, 0.717) is 0 Å². The van der Waals surface area contributed by atoms with E-state index in [1.807, 2.05) is 0 Å². The minimum Gasteiger partial charge on any atom is -0.508 e. The summed E-state index contributed by atoms with van der Waals surface area (Å²) >= 11 is 0. The number of ether oxygens (including phenoxy) is 2. The molecule has 1 heterocycles. The summed E-state index contributed by atoms with van der Waals surface area (Å²) in [5.74, 6) is -4.57. The average Bonchev–Trinajstić information content (AvgIpc) is 2.75. The second-order valence-electron chi connectivity index (χ2n) is 7.26. The van der Waals surface area contributed by atoms with Crippen molar-refractivity contribution in [2.75, 3.05) is 6.61 Å². The fourth-order valence-corrected chi connectivity index (χ4v) is 3.19. The van der Waals surface area contributed by atoms with Gasteiger partial charge in [0.2, 0.25) is 6.29 Å². The molecule has 9 N–H and O–H groups in total. The van der Waals surface area contributed by atoms with E-state index in [9.17, 15) is 50.8 Å². The molecule has 12 heteroatoms. The lowest BCUT2D eigenvalue weighted by molar-refractivity contribution is -0.277. The van der Waals surface area contributed by atoms with E-state index in [4.69, 9.17) is 9.47 Å². The van der Waals surface area contributed by atoms with Crippen LogP contribution >= 0.6 is 0 Å². The molecule has 0 saturated carbocycles. The van der Waals surface area contributed by atoms with E-state index in [-0.39, 0.29) is 5.56 Å². The maximum absolute atomic E-state index is 12.8. The van der Waals surface area contributed by atoms with Crippen molar-refractivity contribution in [3.05, 3.63) is 41.5 Å². The molecule has 0 aromatic heterocycles. The summed E-state index contributed by atoms with van der Waals surface area (Å²) in [5.41, 5.74) is -0.362. The summed E-state index contributed by atoms with van der Waals surface area (Å²) in [6.45, 7) is -0.725. The second-order valence-corrected chi connectivity index (χ2v) is 7.26. The maximum Gasteiger partial charge on any atom is 0.229 e. The Morgan fingerprint density at radius 3 is 2.15 bits per heavy atom. The highest BCUT2D eigenvalue weighted by atomic mass is 16.7. The van der Waals surface area contributed by atoms with Gasteiger partial charge in [0.25, 0.3) is 0 Å². The van der Waals surface area contributed by atoms with Gasteiger partial charge in [0.15, 0.2) is 23.0 Å². The van der Waals surface area contributed by atoms with Gasteiger partial charge in [-0.2, -0.15) is 0 Å². The smallest absolute Gasteiger partial charge is 0.229 e. The lowest BCUT2D eigenvalue weighted by Gasteiger charge is -2.39. The van der Waals surface area contributed by atoms with Crippen molar-refractivity contribution in [2.45, 2.75) is 30.7 Å². The summed E-state index contributed by atoms with van der Waals surface area (Å²) in [6, 6.07) is 3.89. The van der Waals surface area contributed by atoms with Crippen LogP contribution in [0.3, 0.4) is 0 Å². The van der Waals surface area contributed by atoms with E-state index in [0.717, 1.165) is 36.4 Å². The summed E-state index contributed by atoms with van der Waals surface area (Å²) in [6.07, 6.45) is -6.14. The van der Waals surface area contributed by atoms with Gasteiger partial charge in [-0.1, -0.05) is 6.08 Å². The molecule has 1 aliphatic heterocycles. The number of rotatable bonds is 6. The zero-order valence-corrected chi connectivity index (χ0v) is 16.8. The second kappa shape index (κ2) is 9.52. The number of carbonyl (C=O) groups is 1. The number of ketones is 1. The quantitative estimate of drug-likeness (QED) is 0.146. The fourth-order valence-electron chi connectivity index (χ4n) is 3.19. The number of benzene rings is 2. The minimum absolute atomic E-state index is 0.117. The van der Waals surface area contributed by atoms with Gasteiger partial charge in [-0.05, 0) is 23.8 Å². The van der Waals surface area contributed by atoms with Gasteiger partial charge in [0.05, 0.1) is 6.61 Å². The number of allylic oxidation sites excluding steroid dienone is 1. The first-order valence-corrected chi connectivity index (χ1v) is 9.54. The van der Waals surface area contributed by atoms with E-state index >= 15 is 0 Å². The van der Waals surface area contributed by atoms with Crippen molar-refractivity contribution in [2.24, 2.45) is 0 Å². The molecule has 3 rings (SSSR count). The van der Waals surface area contributed by atoms with Crippen LogP contribution in [0.5, 0.6) is 34.5 Å². The van der Waals surface area contributed by atoms with E-state index < -0.39 is 83.2 Å². The van der Waals surface area contributed by atoms with Crippen LogP contribution in [0.25, 0.3) is 6.08 Å². The largest absolute Gasteiger partial charge is 0.508 e. The third-order valence-corrected chi connectivity index (χ3v) is 4.92. The molecule has 5 atom stereocenters. The van der Waals surface area contributed by atoms with E-state index in [1.165, 1.54) is 0 Å².